The number of benzene rings is 2. The number of esters is 1. The fourth-order valence-electron chi connectivity index (χ4n) is 3.96. The number of rotatable bonds is 4. The van der Waals surface area contributed by atoms with Gasteiger partial charge in [0.2, 0.25) is 11.8 Å². The molecule has 1 aliphatic rings. The Morgan fingerprint density at radius 1 is 0.970 bits per heavy atom. The van der Waals surface area contributed by atoms with E-state index >= 15 is 0 Å². The Kier molecular flexibility index (Phi) is 7.55. The fourth-order valence-corrected chi connectivity index (χ4v) is 3.96. The summed E-state index contributed by atoms with van der Waals surface area (Å²) in [6.45, 7) is -0.270. The van der Waals surface area contributed by atoms with E-state index in [1.807, 2.05) is 24.3 Å². The Labute approximate surface area is 193 Å². The minimum absolute atomic E-state index is 0.200. The van der Waals surface area contributed by atoms with Gasteiger partial charge < -0.3 is 24.8 Å². The van der Waals surface area contributed by atoms with E-state index in [2.05, 4.69) is 10.6 Å². The molecule has 33 heavy (non-hydrogen) atoms. The molecule has 4 bridgehead atoms. The maximum Gasteiger partial charge on any atom is 0.328 e. The molecule has 2 aromatic carbocycles. The van der Waals surface area contributed by atoms with Gasteiger partial charge in [-0.05, 0) is 49.5 Å². The number of ether oxygens (including phenoxy) is 3. The third kappa shape index (κ3) is 5.25. The third-order valence-electron chi connectivity index (χ3n) is 5.54. The van der Waals surface area contributed by atoms with Gasteiger partial charge in [-0.15, -0.1) is 0 Å². The van der Waals surface area contributed by atoms with Crippen molar-refractivity contribution >= 4 is 17.8 Å². The van der Waals surface area contributed by atoms with Gasteiger partial charge in [-0.25, -0.2) is 4.79 Å². The molecule has 0 radical (unpaired) electrons. The van der Waals surface area contributed by atoms with Crippen LogP contribution in [0.1, 0.15) is 17.2 Å². The van der Waals surface area contributed by atoms with Crippen LogP contribution in [0, 0.1) is 0 Å². The summed E-state index contributed by atoms with van der Waals surface area (Å²) in [5.74, 6) is -0.205. The molecule has 3 rings (SSSR count). The van der Waals surface area contributed by atoms with Crippen LogP contribution in [-0.2, 0) is 25.5 Å². The highest BCUT2D eigenvalue weighted by molar-refractivity contribution is 5.91. The summed E-state index contributed by atoms with van der Waals surface area (Å²) in [5, 5.41) is 5.32. The van der Waals surface area contributed by atoms with Gasteiger partial charge in [0, 0.05) is 17.5 Å². The molecule has 2 N–H and O–H groups in total. The zero-order valence-corrected chi connectivity index (χ0v) is 19.4. The number of carbonyl (C=O) groups excluding carboxylic acids is 3. The summed E-state index contributed by atoms with van der Waals surface area (Å²) < 4.78 is 16.1. The Morgan fingerprint density at radius 2 is 1.61 bits per heavy atom. The molecule has 0 saturated carbocycles. The van der Waals surface area contributed by atoms with E-state index in [1.54, 1.807) is 45.3 Å². The maximum absolute atomic E-state index is 13.0. The van der Waals surface area contributed by atoms with Gasteiger partial charge in [0.15, 0.2) is 0 Å². The first kappa shape index (κ1) is 24.1. The van der Waals surface area contributed by atoms with E-state index < -0.39 is 24.0 Å². The molecule has 0 aromatic heterocycles. The minimum Gasteiger partial charge on any atom is -0.496 e. The highest BCUT2D eigenvalue weighted by atomic mass is 16.5. The molecule has 0 saturated heterocycles. The number of nitrogens with one attached hydrogen (secondary N) is 2. The van der Waals surface area contributed by atoms with Gasteiger partial charge in [0.1, 0.15) is 23.6 Å². The predicted molar refractivity (Wildman–Crippen MR) is 122 cm³/mol. The van der Waals surface area contributed by atoms with Crippen molar-refractivity contribution in [3.63, 3.8) is 0 Å². The topological polar surface area (TPSA) is 106 Å². The first-order valence-corrected chi connectivity index (χ1v) is 10.5. The average Bonchev–Trinajstić information content (AvgIpc) is 2.81. The number of amides is 2. The maximum atomic E-state index is 13.0. The molecule has 1 aliphatic heterocycles. The van der Waals surface area contributed by atoms with Crippen LogP contribution in [0.3, 0.4) is 0 Å². The van der Waals surface area contributed by atoms with Crippen molar-refractivity contribution in [3.8, 4) is 22.6 Å². The van der Waals surface area contributed by atoms with Gasteiger partial charge in [-0.2, -0.15) is 0 Å². The monoisotopic (exact) mass is 455 g/mol. The second-order valence-electron chi connectivity index (χ2n) is 7.93. The average molecular weight is 456 g/mol. The molecule has 9 heteroatoms. The molecular weight excluding hydrogens is 426 g/mol. The van der Waals surface area contributed by atoms with Crippen LogP contribution in [0.4, 0.5) is 0 Å². The molecule has 1 heterocycles. The van der Waals surface area contributed by atoms with E-state index in [1.165, 1.54) is 7.11 Å². The molecule has 0 aliphatic carbocycles. The van der Waals surface area contributed by atoms with Crippen molar-refractivity contribution in [2.75, 3.05) is 42.0 Å². The van der Waals surface area contributed by atoms with Crippen LogP contribution in [0.15, 0.2) is 36.4 Å². The lowest BCUT2D eigenvalue weighted by Crippen LogP contribution is -2.48. The molecule has 9 nitrogen and oxygen atoms in total. The zero-order valence-electron chi connectivity index (χ0n) is 19.4. The molecule has 2 unspecified atom stereocenters. The summed E-state index contributed by atoms with van der Waals surface area (Å²) in [6.07, 6.45) is 0.200. The van der Waals surface area contributed by atoms with Crippen molar-refractivity contribution in [2.45, 2.75) is 18.5 Å². The second-order valence-corrected chi connectivity index (χ2v) is 7.93. The summed E-state index contributed by atoms with van der Waals surface area (Å²) >= 11 is 0. The SMILES string of the molecule is COC(=O)C1Cc2ccc(OC)c(c2)-c2cc(ccc2OC)C(N(C)C)C(=O)NCC(=O)N1. The van der Waals surface area contributed by atoms with Crippen LogP contribution >= 0.6 is 0 Å². The molecular formula is C24H29N3O6. The standard InChI is InChI=1S/C24H29N3O6/c1-27(2)22-15-7-9-20(32-4)17(12-15)16-10-14(6-8-19(16)31-3)11-18(24(30)33-5)26-21(28)13-25-23(22)29/h6-10,12,18,22H,11,13H2,1-5H3,(H,25,29)(H,26,28). The van der Waals surface area contributed by atoms with Crippen LogP contribution in [0.25, 0.3) is 11.1 Å². The van der Waals surface area contributed by atoms with Gasteiger partial charge in [-0.3, -0.25) is 14.5 Å². The van der Waals surface area contributed by atoms with Crippen molar-refractivity contribution in [1.29, 1.82) is 0 Å². The molecule has 2 aromatic rings. The summed E-state index contributed by atoms with van der Waals surface area (Å²) in [7, 11) is 7.98. The van der Waals surface area contributed by atoms with Crippen molar-refractivity contribution in [2.24, 2.45) is 0 Å². The Bertz CT molecular complexity index is 1050. The predicted octanol–water partition coefficient (Wildman–Crippen LogP) is 1.30. The van der Waals surface area contributed by atoms with Crippen molar-refractivity contribution in [1.82, 2.24) is 15.5 Å². The quantitative estimate of drug-likeness (QED) is 0.670. The van der Waals surface area contributed by atoms with E-state index in [-0.39, 0.29) is 18.9 Å². The first-order valence-electron chi connectivity index (χ1n) is 10.5. The molecule has 2 amide bonds. The third-order valence-corrected chi connectivity index (χ3v) is 5.54. The Balaban J connectivity index is 2.23. The lowest BCUT2D eigenvalue weighted by Gasteiger charge is -2.26. The highest BCUT2D eigenvalue weighted by Gasteiger charge is 2.28. The van der Waals surface area contributed by atoms with E-state index in [0.29, 0.717) is 11.5 Å². The molecule has 0 spiro atoms. The highest BCUT2D eigenvalue weighted by Crippen LogP contribution is 2.39. The van der Waals surface area contributed by atoms with Crippen LogP contribution in [0.5, 0.6) is 11.5 Å². The Morgan fingerprint density at radius 3 is 2.21 bits per heavy atom. The number of nitrogens with zero attached hydrogens (tertiary/aromatic N) is 1. The summed E-state index contributed by atoms with van der Waals surface area (Å²) in [4.78, 5) is 39.6. The van der Waals surface area contributed by atoms with Gasteiger partial charge in [0.05, 0.1) is 27.9 Å². The number of carbonyl (C=O) groups is 3. The lowest BCUT2D eigenvalue weighted by molar-refractivity contribution is -0.145. The van der Waals surface area contributed by atoms with Gasteiger partial charge in [-0.1, -0.05) is 12.1 Å². The van der Waals surface area contributed by atoms with Crippen molar-refractivity contribution in [3.05, 3.63) is 47.5 Å². The second kappa shape index (κ2) is 10.4. The zero-order chi connectivity index (χ0) is 24.1. The minimum atomic E-state index is -0.915. The van der Waals surface area contributed by atoms with Crippen LogP contribution in [-0.4, -0.2) is 70.7 Å². The van der Waals surface area contributed by atoms with Crippen LogP contribution in [0.2, 0.25) is 0 Å². The smallest absolute Gasteiger partial charge is 0.328 e. The lowest BCUT2D eigenvalue weighted by atomic mass is 9.94. The molecule has 0 fully saturated rings. The van der Waals surface area contributed by atoms with E-state index in [0.717, 1.165) is 22.3 Å². The molecule has 2 atom stereocenters. The number of hydrogen-bond donors (Lipinski definition) is 2. The summed E-state index contributed by atoms with van der Waals surface area (Å²) in [6, 6.07) is 9.45. The van der Waals surface area contributed by atoms with Gasteiger partial charge in [0.25, 0.3) is 0 Å². The van der Waals surface area contributed by atoms with Crippen molar-refractivity contribution < 1.29 is 28.6 Å². The normalized spacial score (nSPS) is 18.6. The largest absolute Gasteiger partial charge is 0.496 e. The fraction of sp³-hybridized carbons (Fsp3) is 0.375. The van der Waals surface area contributed by atoms with E-state index in [9.17, 15) is 14.4 Å². The number of hydrogen-bond acceptors (Lipinski definition) is 7. The Hall–Kier alpha value is -3.59. The van der Waals surface area contributed by atoms with E-state index in [4.69, 9.17) is 14.2 Å². The van der Waals surface area contributed by atoms with Crippen LogP contribution < -0.4 is 20.1 Å². The molecule has 176 valence electrons. The number of methoxy groups -OCH3 is 3. The first-order chi connectivity index (χ1) is 15.8. The number of likely N-dealkylation sites (N-methyl/N-ethyl adjacent to an activating group) is 1. The number of fused-ring (bicyclic) bond motifs is 5. The summed E-state index contributed by atoms with van der Waals surface area (Å²) in [5.41, 5.74) is 2.99. The van der Waals surface area contributed by atoms with Gasteiger partial charge >= 0.3 is 5.97 Å².